The number of hydrogen-bond acceptors (Lipinski definition) is 5. The first-order chi connectivity index (χ1) is 16.0. The van der Waals surface area contributed by atoms with Gasteiger partial charge in [0.2, 0.25) is 11.8 Å². The number of nitrogens with one attached hydrogen (secondary N) is 2. The van der Waals surface area contributed by atoms with E-state index >= 15 is 0 Å². The molecular weight excluding hydrogens is 434 g/mol. The SMILES string of the molecule is COc1ccc2c3c([nH]c2c1)[C@H](CC(C)C)N1C(=O)[C@@H](CCC(=O)OC(C)(C)C)NC(=O)[C@H]1C3. The van der Waals surface area contributed by atoms with Gasteiger partial charge in [-0.05, 0) is 57.2 Å². The number of carbonyl (C=O) groups is 3. The van der Waals surface area contributed by atoms with Crippen LogP contribution in [-0.4, -0.2) is 52.5 Å². The second-order valence-corrected chi connectivity index (χ2v) is 10.7. The molecule has 1 saturated heterocycles. The standard InChI is InChI=1S/C26H35N3O5/c1-14(2)11-20-23-17(16-8-7-15(33-6)12-19(16)27-23)13-21-24(31)28-18(25(32)29(20)21)9-10-22(30)34-26(3,4)5/h7-8,12,14,18,20-21,27H,9-11,13H2,1-6H3,(H,28,31)/t18-,20+,21-/m1/s1. The van der Waals surface area contributed by atoms with Crippen molar-refractivity contribution in [1.29, 1.82) is 0 Å². The lowest BCUT2D eigenvalue weighted by molar-refractivity contribution is -0.157. The molecule has 2 aromatic rings. The molecule has 0 aliphatic carbocycles. The minimum absolute atomic E-state index is 0.0682. The molecule has 0 radical (unpaired) electrons. The van der Waals surface area contributed by atoms with Crippen LogP contribution in [0.4, 0.5) is 0 Å². The van der Waals surface area contributed by atoms with E-state index in [4.69, 9.17) is 9.47 Å². The first kappa shape index (κ1) is 24.1. The van der Waals surface area contributed by atoms with Crippen LogP contribution in [0.1, 0.15) is 71.2 Å². The monoisotopic (exact) mass is 469 g/mol. The summed E-state index contributed by atoms with van der Waals surface area (Å²) < 4.78 is 10.8. The Hall–Kier alpha value is -3.03. The number of carbonyl (C=O) groups excluding carboxylic acids is 3. The molecule has 34 heavy (non-hydrogen) atoms. The number of rotatable bonds is 6. The van der Waals surface area contributed by atoms with E-state index in [0.29, 0.717) is 12.3 Å². The second-order valence-electron chi connectivity index (χ2n) is 10.7. The van der Waals surface area contributed by atoms with Crippen molar-refractivity contribution in [3.05, 3.63) is 29.5 Å². The second kappa shape index (κ2) is 8.96. The van der Waals surface area contributed by atoms with Gasteiger partial charge in [0, 0.05) is 35.5 Å². The number of aromatic nitrogens is 1. The van der Waals surface area contributed by atoms with Crippen molar-refractivity contribution < 1.29 is 23.9 Å². The first-order valence-corrected chi connectivity index (χ1v) is 12.0. The fraction of sp³-hybridized carbons (Fsp3) is 0.577. The van der Waals surface area contributed by atoms with Crippen LogP contribution < -0.4 is 10.1 Å². The van der Waals surface area contributed by atoms with Crippen LogP contribution in [0, 0.1) is 5.92 Å². The highest BCUT2D eigenvalue weighted by Crippen LogP contribution is 2.42. The Morgan fingerprint density at radius 2 is 1.97 bits per heavy atom. The molecule has 2 N–H and O–H groups in total. The van der Waals surface area contributed by atoms with Crippen LogP contribution in [0.2, 0.25) is 0 Å². The van der Waals surface area contributed by atoms with Crippen molar-refractivity contribution >= 4 is 28.7 Å². The highest BCUT2D eigenvalue weighted by molar-refractivity contribution is 5.99. The number of H-pyrrole nitrogens is 1. The summed E-state index contributed by atoms with van der Waals surface area (Å²) in [6.45, 7) is 9.65. The summed E-state index contributed by atoms with van der Waals surface area (Å²) in [6, 6.07) is 4.33. The number of amides is 2. The summed E-state index contributed by atoms with van der Waals surface area (Å²) in [5, 5.41) is 3.93. The van der Waals surface area contributed by atoms with Gasteiger partial charge in [-0.2, -0.15) is 0 Å². The number of nitrogens with zero attached hydrogens (tertiary/aromatic N) is 1. The van der Waals surface area contributed by atoms with Crippen LogP contribution >= 0.6 is 0 Å². The normalized spacial score (nSPS) is 22.4. The number of methoxy groups -OCH3 is 1. The van der Waals surface area contributed by atoms with Crippen LogP contribution in [0.5, 0.6) is 5.75 Å². The number of esters is 1. The van der Waals surface area contributed by atoms with Crippen molar-refractivity contribution in [3.63, 3.8) is 0 Å². The van der Waals surface area contributed by atoms with E-state index in [9.17, 15) is 14.4 Å². The zero-order valence-electron chi connectivity index (χ0n) is 20.9. The number of hydrogen-bond donors (Lipinski definition) is 2. The van der Waals surface area contributed by atoms with Gasteiger partial charge in [0.05, 0.1) is 13.2 Å². The van der Waals surface area contributed by atoms with Gasteiger partial charge in [-0.15, -0.1) is 0 Å². The zero-order valence-corrected chi connectivity index (χ0v) is 20.9. The average Bonchev–Trinajstić information content (AvgIpc) is 3.11. The minimum atomic E-state index is -0.739. The predicted molar refractivity (Wildman–Crippen MR) is 128 cm³/mol. The molecule has 0 saturated carbocycles. The van der Waals surface area contributed by atoms with Gasteiger partial charge in [-0.1, -0.05) is 13.8 Å². The van der Waals surface area contributed by atoms with Crippen LogP contribution in [-0.2, 0) is 25.5 Å². The highest BCUT2D eigenvalue weighted by atomic mass is 16.6. The van der Waals surface area contributed by atoms with Gasteiger partial charge in [0.15, 0.2) is 0 Å². The number of piperazine rings is 1. The Bertz CT molecular complexity index is 1110. The molecule has 2 aliphatic heterocycles. The zero-order chi connectivity index (χ0) is 24.8. The summed E-state index contributed by atoms with van der Waals surface area (Å²) in [4.78, 5) is 44.4. The summed E-state index contributed by atoms with van der Waals surface area (Å²) in [5.74, 6) is 0.383. The van der Waals surface area contributed by atoms with E-state index in [2.05, 4.69) is 24.1 Å². The van der Waals surface area contributed by atoms with E-state index in [1.165, 1.54) is 0 Å². The van der Waals surface area contributed by atoms with Crippen molar-refractivity contribution in [2.24, 2.45) is 5.92 Å². The summed E-state index contributed by atoms with van der Waals surface area (Å²) in [6.07, 6.45) is 1.46. The number of aromatic amines is 1. The lowest BCUT2D eigenvalue weighted by atomic mass is 9.85. The molecule has 3 heterocycles. The highest BCUT2D eigenvalue weighted by Gasteiger charge is 2.48. The Kier molecular flexibility index (Phi) is 6.36. The summed E-state index contributed by atoms with van der Waals surface area (Å²) in [5.41, 5.74) is 2.42. The molecule has 8 nitrogen and oxygen atoms in total. The van der Waals surface area contributed by atoms with Gasteiger partial charge < -0.3 is 24.7 Å². The lowest BCUT2D eigenvalue weighted by Gasteiger charge is -2.46. The van der Waals surface area contributed by atoms with Gasteiger partial charge in [0.25, 0.3) is 0 Å². The van der Waals surface area contributed by atoms with E-state index in [1.807, 2.05) is 18.2 Å². The molecule has 1 aromatic heterocycles. The quantitative estimate of drug-likeness (QED) is 0.629. The third-order valence-corrected chi connectivity index (χ3v) is 6.47. The predicted octanol–water partition coefficient (Wildman–Crippen LogP) is 3.64. The van der Waals surface area contributed by atoms with Crippen molar-refractivity contribution in [2.75, 3.05) is 7.11 Å². The number of benzene rings is 1. The first-order valence-electron chi connectivity index (χ1n) is 12.0. The largest absolute Gasteiger partial charge is 0.497 e. The van der Waals surface area contributed by atoms with Gasteiger partial charge >= 0.3 is 5.97 Å². The maximum Gasteiger partial charge on any atom is 0.306 e. The van der Waals surface area contributed by atoms with Crippen molar-refractivity contribution in [3.8, 4) is 5.75 Å². The smallest absolute Gasteiger partial charge is 0.306 e. The summed E-state index contributed by atoms with van der Waals surface area (Å²) >= 11 is 0. The molecule has 4 rings (SSSR count). The molecule has 2 aliphatic rings. The Morgan fingerprint density at radius 1 is 1.24 bits per heavy atom. The fourth-order valence-corrected chi connectivity index (χ4v) is 5.10. The minimum Gasteiger partial charge on any atom is -0.497 e. The molecule has 2 amide bonds. The van der Waals surface area contributed by atoms with Crippen LogP contribution in [0.25, 0.3) is 10.9 Å². The van der Waals surface area contributed by atoms with Crippen molar-refractivity contribution in [1.82, 2.24) is 15.2 Å². The topological polar surface area (TPSA) is 101 Å². The molecule has 8 heteroatoms. The Balaban J connectivity index is 1.65. The maximum absolute atomic E-state index is 13.6. The average molecular weight is 470 g/mol. The molecular formula is C26H35N3O5. The molecule has 1 aromatic carbocycles. The van der Waals surface area contributed by atoms with Crippen LogP contribution in [0.15, 0.2) is 18.2 Å². The van der Waals surface area contributed by atoms with Gasteiger partial charge in [-0.3, -0.25) is 14.4 Å². The molecule has 0 unspecified atom stereocenters. The number of ether oxygens (including phenoxy) is 2. The van der Waals surface area contributed by atoms with E-state index < -0.39 is 17.7 Å². The number of fused-ring (bicyclic) bond motifs is 4. The fourth-order valence-electron chi connectivity index (χ4n) is 5.10. The van der Waals surface area contributed by atoms with Crippen LogP contribution in [0.3, 0.4) is 0 Å². The molecule has 0 bridgehead atoms. The Labute approximate surface area is 200 Å². The van der Waals surface area contributed by atoms with E-state index in [0.717, 1.165) is 34.3 Å². The maximum atomic E-state index is 13.6. The molecule has 1 fully saturated rings. The van der Waals surface area contributed by atoms with Gasteiger partial charge in [0.1, 0.15) is 23.4 Å². The Morgan fingerprint density at radius 3 is 2.62 bits per heavy atom. The van der Waals surface area contributed by atoms with E-state index in [-0.39, 0.29) is 36.7 Å². The summed E-state index contributed by atoms with van der Waals surface area (Å²) in [7, 11) is 1.63. The van der Waals surface area contributed by atoms with E-state index in [1.54, 1.807) is 32.8 Å². The molecule has 3 atom stereocenters. The molecule has 184 valence electrons. The van der Waals surface area contributed by atoms with Gasteiger partial charge in [-0.25, -0.2) is 0 Å². The van der Waals surface area contributed by atoms with Crippen molar-refractivity contribution in [2.45, 2.75) is 84.0 Å². The lowest BCUT2D eigenvalue weighted by Crippen LogP contribution is -2.66. The third-order valence-electron chi connectivity index (χ3n) is 6.47. The molecule has 0 spiro atoms. The third kappa shape index (κ3) is 4.63.